The van der Waals surface area contributed by atoms with Crippen molar-refractivity contribution in [3.63, 3.8) is 0 Å². The molecule has 0 aliphatic heterocycles. The Balaban J connectivity index is 1.65. The molecule has 0 radical (unpaired) electrons. The monoisotopic (exact) mass is 370 g/mol. The van der Waals surface area contributed by atoms with Gasteiger partial charge in [0.2, 0.25) is 0 Å². The van der Waals surface area contributed by atoms with Crippen LogP contribution in [-0.4, -0.2) is 20.9 Å². The van der Waals surface area contributed by atoms with Crippen LogP contribution in [0.25, 0.3) is 16.7 Å². The van der Waals surface area contributed by atoms with Gasteiger partial charge < -0.3 is 5.32 Å². The Bertz CT molecular complexity index is 1160. The summed E-state index contributed by atoms with van der Waals surface area (Å²) in [5.41, 5.74) is 7.11. The first-order valence-electron chi connectivity index (χ1n) is 9.38. The molecule has 3 aromatic carbocycles. The van der Waals surface area contributed by atoms with E-state index in [9.17, 15) is 4.79 Å². The van der Waals surface area contributed by atoms with Gasteiger partial charge in [0.05, 0.1) is 5.69 Å². The molecule has 0 unspecified atom stereocenters. The van der Waals surface area contributed by atoms with E-state index in [-0.39, 0.29) is 5.91 Å². The number of benzene rings is 3. The zero-order chi connectivity index (χ0) is 19.7. The second-order valence-electron chi connectivity index (χ2n) is 6.99. The average molecular weight is 370 g/mol. The third kappa shape index (κ3) is 3.51. The number of amides is 1. The summed E-state index contributed by atoms with van der Waals surface area (Å²) in [4.78, 5) is 14.2. The summed E-state index contributed by atoms with van der Waals surface area (Å²) in [6, 6.07) is 19.6. The highest BCUT2D eigenvalue weighted by Gasteiger charge is 2.12. The van der Waals surface area contributed by atoms with E-state index in [0.717, 1.165) is 40.0 Å². The largest absolute Gasteiger partial charge is 0.322 e. The van der Waals surface area contributed by atoms with E-state index in [0.29, 0.717) is 5.56 Å². The van der Waals surface area contributed by atoms with E-state index < -0.39 is 0 Å². The number of hydrogen-bond acceptors (Lipinski definition) is 3. The fraction of sp³-hybridized carbons (Fsp3) is 0.174. The normalized spacial score (nSPS) is 11.0. The van der Waals surface area contributed by atoms with Crippen molar-refractivity contribution in [2.75, 3.05) is 5.32 Å². The lowest BCUT2D eigenvalue weighted by Gasteiger charge is -2.08. The molecule has 5 nitrogen and oxygen atoms in total. The number of nitrogens with zero attached hydrogens (tertiary/aromatic N) is 3. The topological polar surface area (TPSA) is 59.8 Å². The fourth-order valence-electron chi connectivity index (χ4n) is 3.16. The molecule has 0 saturated carbocycles. The Hall–Kier alpha value is -3.47. The fourth-order valence-corrected chi connectivity index (χ4v) is 3.16. The molecule has 1 amide bonds. The van der Waals surface area contributed by atoms with E-state index in [2.05, 4.69) is 34.6 Å². The van der Waals surface area contributed by atoms with E-state index >= 15 is 0 Å². The molecule has 140 valence electrons. The second-order valence-corrected chi connectivity index (χ2v) is 6.99. The van der Waals surface area contributed by atoms with Gasteiger partial charge in [0.25, 0.3) is 5.91 Å². The third-order valence-corrected chi connectivity index (χ3v) is 4.83. The minimum absolute atomic E-state index is 0.131. The SMILES string of the molecule is CCc1ccc(-n2nc3cc(C)c(NC(=O)c4cccc(C)c4)cc3n2)cc1. The number of rotatable bonds is 4. The van der Waals surface area contributed by atoms with Crippen LogP contribution in [0, 0.1) is 13.8 Å². The summed E-state index contributed by atoms with van der Waals surface area (Å²) in [7, 11) is 0. The molecule has 4 aromatic rings. The molecule has 1 heterocycles. The Morgan fingerprint density at radius 3 is 2.36 bits per heavy atom. The van der Waals surface area contributed by atoms with Crippen molar-refractivity contribution in [1.82, 2.24) is 15.0 Å². The van der Waals surface area contributed by atoms with Gasteiger partial charge in [-0.2, -0.15) is 4.80 Å². The highest BCUT2D eigenvalue weighted by atomic mass is 16.1. The van der Waals surface area contributed by atoms with Crippen LogP contribution in [0.3, 0.4) is 0 Å². The molecule has 28 heavy (non-hydrogen) atoms. The average Bonchev–Trinajstić information content (AvgIpc) is 3.11. The van der Waals surface area contributed by atoms with Crippen LogP contribution in [0.1, 0.15) is 34.0 Å². The number of carbonyl (C=O) groups excluding carboxylic acids is 1. The van der Waals surface area contributed by atoms with Crippen molar-refractivity contribution in [2.24, 2.45) is 0 Å². The predicted octanol–water partition coefficient (Wildman–Crippen LogP) is 4.85. The lowest BCUT2D eigenvalue weighted by molar-refractivity contribution is 0.102. The standard InChI is InChI=1S/C23H22N4O/c1-4-17-8-10-19(11-9-17)27-25-21-13-16(3)20(14-22(21)26-27)24-23(28)18-7-5-6-15(2)12-18/h5-14H,4H2,1-3H3,(H,24,28). The summed E-state index contributed by atoms with van der Waals surface area (Å²) in [6.45, 7) is 6.06. The third-order valence-electron chi connectivity index (χ3n) is 4.83. The highest BCUT2D eigenvalue weighted by molar-refractivity contribution is 6.05. The molecule has 0 atom stereocenters. The maximum Gasteiger partial charge on any atom is 0.255 e. The Morgan fingerprint density at radius 2 is 1.68 bits per heavy atom. The van der Waals surface area contributed by atoms with Gasteiger partial charge in [-0.3, -0.25) is 4.79 Å². The van der Waals surface area contributed by atoms with Crippen LogP contribution in [0.15, 0.2) is 60.7 Å². The molecular formula is C23H22N4O. The molecule has 1 aromatic heterocycles. The minimum Gasteiger partial charge on any atom is -0.322 e. The summed E-state index contributed by atoms with van der Waals surface area (Å²) >= 11 is 0. The van der Waals surface area contributed by atoms with Crippen molar-refractivity contribution in [3.8, 4) is 5.69 Å². The number of anilines is 1. The molecular weight excluding hydrogens is 348 g/mol. The van der Waals surface area contributed by atoms with E-state index in [4.69, 9.17) is 0 Å². The van der Waals surface area contributed by atoms with Crippen molar-refractivity contribution in [3.05, 3.63) is 82.9 Å². The molecule has 4 rings (SSSR count). The molecule has 5 heteroatoms. The van der Waals surface area contributed by atoms with Crippen LogP contribution in [-0.2, 0) is 6.42 Å². The first kappa shape index (κ1) is 17.9. The van der Waals surface area contributed by atoms with Crippen LogP contribution >= 0.6 is 0 Å². The van der Waals surface area contributed by atoms with Crippen molar-refractivity contribution in [1.29, 1.82) is 0 Å². The molecule has 0 aliphatic carbocycles. The van der Waals surface area contributed by atoms with Crippen LogP contribution in [0.5, 0.6) is 0 Å². The van der Waals surface area contributed by atoms with Crippen molar-refractivity contribution < 1.29 is 4.79 Å². The van der Waals surface area contributed by atoms with Gasteiger partial charge in [-0.15, -0.1) is 10.2 Å². The number of hydrogen-bond donors (Lipinski definition) is 1. The summed E-state index contributed by atoms with van der Waals surface area (Å²) < 4.78 is 0. The van der Waals surface area contributed by atoms with Crippen molar-refractivity contribution in [2.45, 2.75) is 27.2 Å². The summed E-state index contributed by atoms with van der Waals surface area (Å²) in [5.74, 6) is -0.131. The van der Waals surface area contributed by atoms with Gasteiger partial charge in [0.1, 0.15) is 11.0 Å². The number of aromatic nitrogens is 3. The van der Waals surface area contributed by atoms with Crippen LogP contribution in [0.4, 0.5) is 5.69 Å². The Labute approximate surface area is 164 Å². The van der Waals surface area contributed by atoms with Gasteiger partial charge >= 0.3 is 0 Å². The van der Waals surface area contributed by atoms with E-state index in [1.807, 2.05) is 62.4 Å². The van der Waals surface area contributed by atoms with E-state index in [1.54, 1.807) is 4.80 Å². The van der Waals surface area contributed by atoms with Gasteiger partial charge in [0, 0.05) is 11.3 Å². The maximum absolute atomic E-state index is 12.6. The minimum atomic E-state index is -0.131. The molecule has 0 spiro atoms. The summed E-state index contributed by atoms with van der Waals surface area (Å²) in [5, 5.41) is 12.2. The van der Waals surface area contributed by atoms with Gasteiger partial charge in [-0.25, -0.2) is 0 Å². The molecule has 0 fully saturated rings. The van der Waals surface area contributed by atoms with Crippen LogP contribution in [0.2, 0.25) is 0 Å². The quantitative estimate of drug-likeness (QED) is 0.558. The Kier molecular flexibility index (Phi) is 4.65. The van der Waals surface area contributed by atoms with Crippen molar-refractivity contribution >= 4 is 22.6 Å². The van der Waals surface area contributed by atoms with Gasteiger partial charge in [0.15, 0.2) is 0 Å². The number of fused-ring (bicyclic) bond motifs is 1. The number of nitrogens with one attached hydrogen (secondary N) is 1. The molecule has 0 saturated heterocycles. The predicted molar refractivity (Wildman–Crippen MR) is 112 cm³/mol. The van der Waals surface area contributed by atoms with Gasteiger partial charge in [-0.1, -0.05) is 36.8 Å². The maximum atomic E-state index is 12.6. The number of aryl methyl sites for hydroxylation is 3. The lowest BCUT2D eigenvalue weighted by atomic mass is 10.1. The lowest BCUT2D eigenvalue weighted by Crippen LogP contribution is -2.12. The van der Waals surface area contributed by atoms with E-state index in [1.165, 1.54) is 5.56 Å². The first-order chi connectivity index (χ1) is 13.5. The second kappa shape index (κ2) is 7.27. The highest BCUT2D eigenvalue weighted by Crippen LogP contribution is 2.23. The molecule has 0 aliphatic rings. The Morgan fingerprint density at radius 1 is 0.964 bits per heavy atom. The first-order valence-corrected chi connectivity index (χ1v) is 9.38. The van der Waals surface area contributed by atoms with Gasteiger partial charge in [-0.05, 0) is 67.8 Å². The molecule has 1 N–H and O–H groups in total. The zero-order valence-corrected chi connectivity index (χ0v) is 16.2. The number of carbonyl (C=O) groups is 1. The molecule has 0 bridgehead atoms. The zero-order valence-electron chi connectivity index (χ0n) is 16.2. The smallest absolute Gasteiger partial charge is 0.255 e. The summed E-state index contributed by atoms with van der Waals surface area (Å²) in [6.07, 6.45) is 0.998. The van der Waals surface area contributed by atoms with Crippen LogP contribution < -0.4 is 5.32 Å².